The zero-order valence-corrected chi connectivity index (χ0v) is 13.0. The molecule has 2 heterocycles. The molecule has 0 radical (unpaired) electrons. The van der Waals surface area contributed by atoms with Gasteiger partial charge >= 0.3 is 0 Å². The first-order valence-electron chi connectivity index (χ1n) is 7.08. The van der Waals surface area contributed by atoms with Gasteiger partial charge in [0, 0.05) is 38.1 Å². The molecule has 1 aromatic rings. The van der Waals surface area contributed by atoms with Crippen molar-refractivity contribution in [1.82, 2.24) is 14.2 Å². The Hall–Kier alpha value is -1.11. The van der Waals surface area contributed by atoms with E-state index in [0.29, 0.717) is 24.5 Å². The predicted octanol–water partition coefficient (Wildman–Crippen LogP) is 1.57. The molecule has 0 fully saturated rings. The smallest absolute Gasteiger partial charge is 0.244 e. The molecule has 112 valence electrons. The minimum absolute atomic E-state index is 0.409. The van der Waals surface area contributed by atoms with Crippen molar-refractivity contribution in [3.05, 3.63) is 30.1 Å². The molecule has 5 nitrogen and oxygen atoms in total. The Balaban J connectivity index is 2.31. The molecule has 0 bridgehead atoms. The van der Waals surface area contributed by atoms with Crippen molar-refractivity contribution >= 4 is 10.0 Å². The van der Waals surface area contributed by atoms with E-state index in [2.05, 4.69) is 12.2 Å². The molecule has 0 saturated heterocycles. The van der Waals surface area contributed by atoms with Crippen molar-refractivity contribution in [3.8, 4) is 0 Å². The van der Waals surface area contributed by atoms with E-state index in [1.165, 1.54) is 0 Å². The number of hydrogen-bond donors (Lipinski definition) is 1. The van der Waals surface area contributed by atoms with Gasteiger partial charge in [0.25, 0.3) is 0 Å². The Bertz CT molecular complexity index is 552. The van der Waals surface area contributed by atoms with E-state index < -0.39 is 10.0 Å². The number of hydrogen-bond acceptors (Lipinski definition) is 3. The number of aromatic nitrogens is 1. The van der Waals surface area contributed by atoms with Crippen molar-refractivity contribution in [2.75, 3.05) is 20.1 Å². The van der Waals surface area contributed by atoms with Crippen molar-refractivity contribution in [1.29, 1.82) is 0 Å². The fourth-order valence-corrected chi connectivity index (χ4v) is 3.90. The summed E-state index contributed by atoms with van der Waals surface area (Å²) < 4.78 is 28.8. The molecule has 0 aliphatic carbocycles. The zero-order chi connectivity index (χ0) is 14.6. The number of aryl methyl sites for hydroxylation is 1. The molecule has 1 aliphatic rings. The maximum Gasteiger partial charge on any atom is 0.244 e. The van der Waals surface area contributed by atoms with Gasteiger partial charge in [-0.25, -0.2) is 8.42 Å². The fourth-order valence-electron chi connectivity index (χ4n) is 2.43. The molecule has 6 heteroatoms. The number of rotatable bonds is 6. The normalized spacial score (nSPS) is 16.7. The van der Waals surface area contributed by atoms with Crippen LogP contribution >= 0.6 is 0 Å². The SMILES string of the molecule is CCCn1cc(S(=O)(=O)N2CC=CCC2)cc1CNC. The van der Waals surface area contributed by atoms with Crippen LogP contribution in [0.5, 0.6) is 0 Å². The molecular weight excluding hydrogens is 274 g/mol. The van der Waals surface area contributed by atoms with Crippen molar-refractivity contribution < 1.29 is 8.42 Å². The minimum atomic E-state index is -3.37. The lowest BCUT2D eigenvalue weighted by molar-refractivity contribution is 0.437. The largest absolute Gasteiger partial charge is 0.349 e. The molecule has 0 spiro atoms. The summed E-state index contributed by atoms with van der Waals surface area (Å²) in [6.45, 7) is 4.65. The first kappa shape index (κ1) is 15.3. The van der Waals surface area contributed by atoms with Gasteiger partial charge < -0.3 is 9.88 Å². The van der Waals surface area contributed by atoms with Crippen LogP contribution in [0.25, 0.3) is 0 Å². The van der Waals surface area contributed by atoms with Gasteiger partial charge in [0.15, 0.2) is 0 Å². The fraction of sp³-hybridized carbons (Fsp3) is 0.571. The second-order valence-corrected chi connectivity index (χ2v) is 6.95. The van der Waals surface area contributed by atoms with Gasteiger partial charge in [0.05, 0.1) is 0 Å². The highest BCUT2D eigenvalue weighted by Gasteiger charge is 2.26. The lowest BCUT2D eigenvalue weighted by Gasteiger charge is -2.21. The van der Waals surface area contributed by atoms with Crippen molar-refractivity contribution in [2.45, 2.75) is 37.8 Å². The Kier molecular flexibility index (Phi) is 5.01. The Morgan fingerprint density at radius 3 is 2.75 bits per heavy atom. The van der Waals surface area contributed by atoms with Crippen LogP contribution in [0.3, 0.4) is 0 Å². The molecule has 0 atom stereocenters. The summed E-state index contributed by atoms with van der Waals surface area (Å²) in [5.74, 6) is 0. The topological polar surface area (TPSA) is 54.3 Å². The Labute approximate surface area is 121 Å². The highest BCUT2D eigenvalue weighted by atomic mass is 32.2. The third-order valence-corrected chi connectivity index (χ3v) is 5.27. The summed E-state index contributed by atoms with van der Waals surface area (Å²) in [7, 11) is -1.50. The molecular formula is C14H23N3O2S. The van der Waals surface area contributed by atoms with Crippen LogP contribution in [0.1, 0.15) is 25.5 Å². The van der Waals surface area contributed by atoms with Crippen molar-refractivity contribution in [2.24, 2.45) is 0 Å². The van der Waals surface area contributed by atoms with E-state index in [4.69, 9.17) is 0 Å². The van der Waals surface area contributed by atoms with Crippen LogP contribution < -0.4 is 5.32 Å². The average molecular weight is 297 g/mol. The van der Waals surface area contributed by atoms with Gasteiger partial charge in [-0.05, 0) is 26.0 Å². The second kappa shape index (κ2) is 6.56. The Morgan fingerprint density at radius 2 is 2.15 bits per heavy atom. The van der Waals surface area contributed by atoms with Gasteiger partial charge in [-0.15, -0.1) is 0 Å². The summed E-state index contributed by atoms with van der Waals surface area (Å²) in [4.78, 5) is 0.409. The molecule has 1 N–H and O–H groups in total. The lowest BCUT2D eigenvalue weighted by Crippen LogP contribution is -2.33. The number of sulfonamides is 1. The van der Waals surface area contributed by atoms with Crippen LogP contribution in [-0.4, -0.2) is 37.4 Å². The third kappa shape index (κ3) is 3.13. The van der Waals surface area contributed by atoms with Crippen LogP contribution in [-0.2, 0) is 23.1 Å². The second-order valence-electron chi connectivity index (χ2n) is 5.01. The van der Waals surface area contributed by atoms with E-state index in [9.17, 15) is 8.42 Å². The summed E-state index contributed by atoms with van der Waals surface area (Å²) >= 11 is 0. The number of nitrogens with zero attached hydrogens (tertiary/aromatic N) is 2. The van der Waals surface area contributed by atoms with Gasteiger partial charge in [0.2, 0.25) is 10.0 Å². The maximum atomic E-state index is 12.6. The number of nitrogens with one attached hydrogen (secondary N) is 1. The highest BCUT2D eigenvalue weighted by Crippen LogP contribution is 2.21. The van der Waals surface area contributed by atoms with E-state index in [1.54, 1.807) is 16.6 Å². The first-order valence-corrected chi connectivity index (χ1v) is 8.52. The average Bonchev–Trinajstić information content (AvgIpc) is 2.85. The maximum absolute atomic E-state index is 12.6. The van der Waals surface area contributed by atoms with Gasteiger partial charge in [-0.3, -0.25) is 0 Å². The molecule has 20 heavy (non-hydrogen) atoms. The quantitative estimate of drug-likeness (QED) is 0.811. The molecule has 0 unspecified atom stereocenters. The minimum Gasteiger partial charge on any atom is -0.349 e. The van der Waals surface area contributed by atoms with Gasteiger partial charge in [-0.2, -0.15) is 4.31 Å². The third-order valence-electron chi connectivity index (χ3n) is 3.44. The summed E-state index contributed by atoms with van der Waals surface area (Å²) in [5.41, 5.74) is 1.01. The van der Waals surface area contributed by atoms with Crippen LogP contribution in [0.15, 0.2) is 29.3 Å². The summed E-state index contributed by atoms with van der Waals surface area (Å²) in [6, 6.07) is 1.79. The van der Waals surface area contributed by atoms with E-state index >= 15 is 0 Å². The van der Waals surface area contributed by atoms with Gasteiger partial charge in [-0.1, -0.05) is 19.1 Å². The summed E-state index contributed by atoms with van der Waals surface area (Å²) in [6.07, 6.45) is 7.48. The lowest BCUT2D eigenvalue weighted by atomic mass is 10.3. The van der Waals surface area contributed by atoms with Crippen molar-refractivity contribution in [3.63, 3.8) is 0 Å². The molecule has 2 rings (SSSR count). The van der Waals surface area contributed by atoms with E-state index in [-0.39, 0.29) is 0 Å². The zero-order valence-electron chi connectivity index (χ0n) is 12.2. The van der Waals surface area contributed by atoms with Gasteiger partial charge in [0.1, 0.15) is 4.90 Å². The predicted molar refractivity (Wildman–Crippen MR) is 80.0 cm³/mol. The Morgan fingerprint density at radius 1 is 1.35 bits per heavy atom. The van der Waals surface area contributed by atoms with E-state index in [0.717, 1.165) is 25.1 Å². The molecule has 1 aliphatic heterocycles. The molecule has 1 aromatic heterocycles. The molecule has 0 aromatic carbocycles. The molecule has 0 saturated carbocycles. The monoisotopic (exact) mass is 297 g/mol. The first-order chi connectivity index (χ1) is 9.59. The highest BCUT2D eigenvalue weighted by molar-refractivity contribution is 7.89. The van der Waals surface area contributed by atoms with Crippen LogP contribution in [0.2, 0.25) is 0 Å². The molecule has 0 amide bonds. The van der Waals surface area contributed by atoms with Crippen LogP contribution in [0.4, 0.5) is 0 Å². The van der Waals surface area contributed by atoms with Crippen LogP contribution in [0, 0.1) is 0 Å². The summed E-state index contributed by atoms with van der Waals surface area (Å²) in [5, 5.41) is 3.09. The van der Waals surface area contributed by atoms with E-state index in [1.807, 2.05) is 23.8 Å². The standard InChI is InChI=1S/C14H23N3O2S/c1-3-7-16-12-14(10-13(16)11-15-2)20(18,19)17-8-5-4-6-9-17/h4-5,10,12,15H,3,6-9,11H2,1-2H3.